The van der Waals surface area contributed by atoms with Gasteiger partial charge in [0.05, 0.1) is 12.7 Å². The minimum Gasteiger partial charge on any atom is -0.497 e. The van der Waals surface area contributed by atoms with E-state index in [1.54, 1.807) is 7.11 Å². The van der Waals surface area contributed by atoms with Crippen LogP contribution in [0.25, 0.3) is 0 Å². The van der Waals surface area contributed by atoms with Crippen LogP contribution in [0.4, 0.5) is 0 Å². The van der Waals surface area contributed by atoms with Crippen LogP contribution in [0.15, 0.2) is 24.3 Å². The molecule has 3 heteroatoms. The van der Waals surface area contributed by atoms with E-state index in [0.29, 0.717) is 6.04 Å². The van der Waals surface area contributed by atoms with Crippen LogP contribution in [0.1, 0.15) is 25.3 Å². The Labute approximate surface area is 96.4 Å². The van der Waals surface area contributed by atoms with Crippen LogP contribution < -0.4 is 10.1 Å². The number of hydrogen-bond donors (Lipinski definition) is 2. The third kappa shape index (κ3) is 2.20. The zero-order chi connectivity index (χ0) is 11.6. The second kappa shape index (κ2) is 4.44. The van der Waals surface area contributed by atoms with Crippen LogP contribution in [-0.2, 0) is 5.60 Å². The van der Waals surface area contributed by atoms with E-state index in [1.807, 2.05) is 24.3 Å². The van der Waals surface area contributed by atoms with Crippen molar-refractivity contribution in [1.82, 2.24) is 5.32 Å². The topological polar surface area (TPSA) is 41.5 Å². The Morgan fingerprint density at radius 3 is 3.00 bits per heavy atom. The second-order valence-corrected chi connectivity index (χ2v) is 4.57. The Hall–Kier alpha value is -1.06. The molecule has 0 saturated carbocycles. The number of aliphatic hydroxyl groups is 1. The first-order chi connectivity index (χ1) is 7.64. The lowest BCUT2D eigenvalue weighted by molar-refractivity contribution is -0.00662. The van der Waals surface area contributed by atoms with Gasteiger partial charge >= 0.3 is 0 Å². The van der Waals surface area contributed by atoms with E-state index in [1.165, 1.54) is 0 Å². The molecular formula is C13H19NO2. The Morgan fingerprint density at radius 2 is 2.31 bits per heavy atom. The van der Waals surface area contributed by atoms with Crippen molar-refractivity contribution >= 4 is 0 Å². The molecule has 1 saturated heterocycles. The number of rotatable bonds is 2. The fraction of sp³-hybridized carbons (Fsp3) is 0.538. The van der Waals surface area contributed by atoms with Crippen LogP contribution in [0.3, 0.4) is 0 Å². The summed E-state index contributed by atoms with van der Waals surface area (Å²) in [5.74, 6) is 0.803. The summed E-state index contributed by atoms with van der Waals surface area (Å²) in [4.78, 5) is 0. The van der Waals surface area contributed by atoms with Gasteiger partial charge in [0.15, 0.2) is 0 Å². The van der Waals surface area contributed by atoms with Gasteiger partial charge in [-0.2, -0.15) is 0 Å². The smallest absolute Gasteiger partial charge is 0.119 e. The molecule has 16 heavy (non-hydrogen) atoms. The van der Waals surface area contributed by atoms with Crippen molar-refractivity contribution in [2.24, 2.45) is 0 Å². The van der Waals surface area contributed by atoms with Crippen molar-refractivity contribution in [2.45, 2.75) is 31.4 Å². The van der Waals surface area contributed by atoms with Crippen LogP contribution in [0.2, 0.25) is 0 Å². The molecule has 2 rings (SSSR count). The number of ether oxygens (including phenoxy) is 1. The third-order valence-electron chi connectivity index (χ3n) is 3.28. The van der Waals surface area contributed by atoms with Crippen molar-refractivity contribution in [3.05, 3.63) is 29.8 Å². The normalized spacial score (nSPS) is 30.1. The molecule has 1 fully saturated rings. The van der Waals surface area contributed by atoms with Crippen LogP contribution in [0, 0.1) is 0 Å². The monoisotopic (exact) mass is 221 g/mol. The summed E-state index contributed by atoms with van der Waals surface area (Å²) < 4.78 is 5.19. The Bertz CT molecular complexity index is 367. The summed E-state index contributed by atoms with van der Waals surface area (Å²) in [5.41, 5.74) is 0.249. The molecule has 0 amide bonds. The summed E-state index contributed by atoms with van der Waals surface area (Å²) in [6.45, 7) is 2.96. The maximum Gasteiger partial charge on any atom is 0.119 e. The summed E-state index contributed by atoms with van der Waals surface area (Å²) in [7, 11) is 1.65. The number of hydrogen-bond acceptors (Lipinski definition) is 3. The molecule has 1 aromatic rings. The molecule has 2 N–H and O–H groups in total. The van der Waals surface area contributed by atoms with E-state index in [0.717, 1.165) is 30.7 Å². The van der Waals surface area contributed by atoms with E-state index >= 15 is 0 Å². The SMILES string of the molecule is COc1cccc(C2(O)CCNC(C)C2)c1. The first-order valence-electron chi connectivity index (χ1n) is 5.74. The number of methoxy groups -OCH3 is 1. The Kier molecular flexibility index (Phi) is 3.17. The third-order valence-corrected chi connectivity index (χ3v) is 3.28. The van der Waals surface area contributed by atoms with Gasteiger partial charge in [0, 0.05) is 6.04 Å². The van der Waals surface area contributed by atoms with Crippen molar-refractivity contribution < 1.29 is 9.84 Å². The van der Waals surface area contributed by atoms with Crippen molar-refractivity contribution in [1.29, 1.82) is 0 Å². The highest BCUT2D eigenvalue weighted by molar-refractivity contribution is 5.32. The van der Waals surface area contributed by atoms with Gasteiger partial charge in [-0.3, -0.25) is 0 Å². The summed E-state index contributed by atoms with van der Waals surface area (Å²) in [6, 6.07) is 8.08. The highest BCUT2D eigenvalue weighted by Crippen LogP contribution is 2.33. The van der Waals surface area contributed by atoms with Gasteiger partial charge in [-0.25, -0.2) is 0 Å². The lowest BCUT2D eigenvalue weighted by Crippen LogP contribution is -2.44. The molecule has 2 unspecified atom stereocenters. The molecule has 1 aromatic carbocycles. The second-order valence-electron chi connectivity index (χ2n) is 4.57. The standard InChI is InChI=1S/C13H19NO2/c1-10-9-13(15,6-7-14-10)11-4-3-5-12(8-11)16-2/h3-5,8,10,14-15H,6-7,9H2,1-2H3. The molecule has 0 spiro atoms. The molecule has 1 heterocycles. The van der Waals surface area contributed by atoms with Crippen molar-refractivity contribution in [3.8, 4) is 5.75 Å². The van der Waals surface area contributed by atoms with Gasteiger partial charge in [0.25, 0.3) is 0 Å². The van der Waals surface area contributed by atoms with E-state index in [2.05, 4.69) is 12.2 Å². The number of benzene rings is 1. The molecule has 0 aliphatic carbocycles. The fourth-order valence-electron chi connectivity index (χ4n) is 2.38. The molecular weight excluding hydrogens is 202 g/mol. The number of nitrogens with one attached hydrogen (secondary N) is 1. The predicted molar refractivity (Wildman–Crippen MR) is 63.6 cm³/mol. The summed E-state index contributed by atoms with van der Waals surface area (Å²) in [6.07, 6.45) is 1.50. The molecule has 3 nitrogen and oxygen atoms in total. The summed E-state index contributed by atoms with van der Waals surface area (Å²) >= 11 is 0. The first kappa shape index (κ1) is 11.4. The molecule has 1 aliphatic heterocycles. The molecule has 0 bridgehead atoms. The lowest BCUT2D eigenvalue weighted by Gasteiger charge is -2.36. The molecule has 1 aliphatic rings. The quantitative estimate of drug-likeness (QED) is 0.798. The van der Waals surface area contributed by atoms with Gasteiger partial charge in [0.1, 0.15) is 5.75 Å². The maximum absolute atomic E-state index is 10.6. The van der Waals surface area contributed by atoms with Crippen molar-refractivity contribution in [2.75, 3.05) is 13.7 Å². The highest BCUT2D eigenvalue weighted by Gasteiger charge is 2.34. The van der Waals surface area contributed by atoms with E-state index < -0.39 is 5.60 Å². The average molecular weight is 221 g/mol. The van der Waals surface area contributed by atoms with E-state index in [-0.39, 0.29) is 0 Å². The molecule has 0 aromatic heterocycles. The summed E-state index contributed by atoms with van der Waals surface area (Å²) in [5, 5.41) is 14.0. The first-order valence-corrected chi connectivity index (χ1v) is 5.74. The van der Waals surface area contributed by atoms with Gasteiger partial charge in [-0.1, -0.05) is 12.1 Å². The largest absolute Gasteiger partial charge is 0.497 e. The Morgan fingerprint density at radius 1 is 1.50 bits per heavy atom. The minimum atomic E-state index is -0.709. The highest BCUT2D eigenvalue weighted by atomic mass is 16.5. The van der Waals surface area contributed by atoms with Crippen LogP contribution >= 0.6 is 0 Å². The maximum atomic E-state index is 10.6. The molecule has 2 atom stereocenters. The fourth-order valence-corrected chi connectivity index (χ4v) is 2.38. The van der Waals surface area contributed by atoms with E-state index in [4.69, 9.17) is 4.74 Å². The van der Waals surface area contributed by atoms with E-state index in [9.17, 15) is 5.11 Å². The zero-order valence-corrected chi connectivity index (χ0v) is 9.86. The number of piperidine rings is 1. The van der Waals surface area contributed by atoms with Crippen molar-refractivity contribution in [3.63, 3.8) is 0 Å². The van der Waals surface area contributed by atoms with Crippen LogP contribution in [0.5, 0.6) is 5.75 Å². The zero-order valence-electron chi connectivity index (χ0n) is 9.86. The minimum absolute atomic E-state index is 0.352. The molecule has 0 radical (unpaired) electrons. The molecule has 88 valence electrons. The van der Waals surface area contributed by atoms with Crippen LogP contribution in [-0.4, -0.2) is 24.8 Å². The predicted octanol–water partition coefficient (Wildman–Crippen LogP) is 1.65. The van der Waals surface area contributed by atoms with Gasteiger partial charge in [0.2, 0.25) is 0 Å². The lowest BCUT2D eigenvalue weighted by atomic mass is 9.82. The van der Waals surface area contributed by atoms with Gasteiger partial charge in [-0.05, 0) is 44.0 Å². The average Bonchev–Trinajstić information content (AvgIpc) is 2.29. The Balaban J connectivity index is 2.27. The van der Waals surface area contributed by atoms with Gasteiger partial charge < -0.3 is 15.2 Å². The van der Waals surface area contributed by atoms with Gasteiger partial charge in [-0.15, -0.1) is 0 Å².